The molecular weight excluding hydrogens is 260 g/mol. The molecule has 0 spiro atoms. The van der Waals surface area contributed by atoms with E-state index < -0.39 is 0 Å². The van der Waals surface area contributed by atoms with E-state index in [0.29, 0.717) is 6.42 Å². The van der Waals surface area contributed by atoms with Crippen molar-refractivity contribution in [1.82, 2.24) is 4.98 Å². The average molecular weight is 282 g/mol. The second-order valence-corrected chi connectivity index (χ2v) is 5.71. The second-order valence-electron chi connectivity index (χ2n) is 5.71. The highest BCUT2D eigenvalue weighted by Gasteiger charge is 2.13. The predicted octanol–water partition coefficient (Wildman–Crippen LogP) is 4.14. The highest BCUT2D eigenvalue weighted by atomic mass is 16.1. The maximum atomic E-state index is 12.3. The number of nitrogens with one attached hydrogen (secondary N) is 1. The number of amides is 1. The zero-order valence-corrected chi connectivity index (χ0v) is 13.1. The van der Waals surface area contributed by atoms with Crippen molar-refractivity contribution in [3.8, 4) is 0 Å². The minimum atomic E-state index is 0.0430. The van der Waals surface area contributed by atoms with Gasteiger partial charge in [-0.2, -0.15) is 0 Å². The molecule has 0 saturated carbocycles. The first-order valence-electron chi connectivity index (χ1n) is 7.25. The molecule has 0 aliphatic rings. The van der Waals surface area contributed by atoms with E-state index >= 15 is 0 Å². The molecule has 2 aromatic rings. The van der Waals surface area contributed by atoms with Gasteiger partial charge in [-0.25, -0.2) is 0 Å². The highest BCUT2D eigenvalue weighted by molar-refractivity contribution is 5.92. The van der Waals surface area contributed by atoms with Crippen LogP contribution in [0.1, 0.15) is 41.5 Å². The Labute approximate surface area is 126 Å². The van der Waals surface area contributed by atoms with Crippen molar-refractivity contribution < 1.29 is 4.79 Å². The van der Waals surface area contributed by atoms with Crippen LogP contribution in [-0.2, 0) is 4.79 Å². The van der Waals surface area contributed by atoms with Crippen molar-refractivity contribution in [2.24, 2.45) is 0 Å². The topological polar surface area (TPSA) is 42.0 Å². The van der Waals surface area contributed by atoms with Gasteiger partial charge in [0.25, 0.3) is 0 Å². The quantitative estimate of drug-likeness (QED) is 0.915. The van der Waals surface area contributed by atoms with Gasteiger partial charge in [-0.15, -0.1) is 0 Å². The van der Waals surface area contributed by atoms with E-state index in [0.717, 1.165) is 22.4 Å². The zero-order valence-electron chi connectivity index (χ0n) is 13.1. The lowest BCUT2D eigenvalue weighted by Gasteiger charge is -2.15. The van der Waals surface area contributed by atoms with Gasteiger partial charge in [0.05, 0.1) is 0 Å². The molecule has 0 fully saturated rings. The minimum Gasteiger partial charge on any atom is -0.326 e. The van der Waals surface area contributed by atoms with Crippen molar-refractivity contribution in [2.45, 2.75) is 40.0 Å². The molecule has 1 heterocycles. The van der Waals surface area contributed by atoms with Crippen LogP contribution in [0.2, 0.25) is 0 Å². The number of pyridine rings is 1. The van der Waals surface area contributed by atoms with E-state index in [4.69, 9.17) is 0 Å². The third-order valence-corrected chi connectivity index (χ3v) is 3.69. The molecule has 3 nitrogen and oxygen atoms in total. The summed E-state index contributed by atoms with van der Waals surface area (Å²) in [5, 5.41) is 3.05. The van der Waals surface area contributed by atoms with Gasteiger partial charge in [0.1, 0.15) is 0 Å². The number of carbonyl (C=O) groups excluding carboxylic acids is 1. The van der Waals surface area contributed by atoms with Crippen LogP contribution in [0.5, 0.6) is 0 Å². The standard InChI is InChI=1S/C18H22N2O/c1-12-8-14(3)18(15(4)9-12)20-17(21)10-13(2)16-6-5-7-19-11-16/h5-9,11,13H,10H2,1-4H3,(H,20,21). The average Bonchev–Trinajstić information content (AvgIpc) is 2.43. The number of aryl methyl sites for hydroxylation is 3. The molecule has 0 bridgehead atoms. The lowest BCUT2D eigenvalue weighted by molar-refractivity contribution is -0.116. The molecule has 1 aromatic heterocycles. The molecule has 3 heteroatoms. The van der Waals surface area contributed by atoms with Crippen LogP contribution in [0.15, 0.2) is 36.7 Å². The molecule has 21 heavy (non-hydrogen) atoms. The van der Waals surface area contributed by atoms with Gasteiger partial charge in [-0.05, 0) is 49.4 Å². The highest BCUT2D eigenvalue weighted by Crippen LogP contribution is 2.24. The summed E-state index contributed by atoms with van der Waals surface area (Å²) in [6, 6.07) is 8.09. The number of anilines is 1. The molecule has 0 saturated heterocycles. The summed E-state index contributed by atoms with van der Waals surface area (Å²) < 4.78 is 0. The van der Waals surface area contributed by atoms with Crippen molar-refractivity contribution in [3.63, 3.8) is 0 Å². The van der Waals surface area contributed by atoms with Crippen LogP contribution in [0, 0.1) is 20.8 Å². The zero-order chi connectivity index (χ0) is 15.4. The van der Waals surface area contributed by atoms with Crippen LogP contribution in [0.3, 0.4) is 0 Å². The van der Waals surface area contributed by atoms with E-state index in [1.807, 2.05) is 39.1 Å². The molecule has 1 unspecified atom stereocenters. The Morgan fingerprint density at radius 2 is 1.90 bits per heavy atom. The summed E-state index contributed by atoms with van der Waals surface area (Å²) in [5.74, 6) is 0.200. The Balaban J connectivity index is 2.06. The maximum Gasteiger partial charge on any atom is 0.224 e. The van der Waals surface area contributed by atoms with Gasteiger partial charge in [0.2, 0.25) is 5.91 Å². The number of rotatable bonds is 4. The summed E-state index contributed by atoms with van der Waals surface area (Å²) in [6.07, 6.45) is 4.02. The van der Waals surface area contributed by atoms with Crippen molar-refractivity contribution in [2.75, 3.05) is 5.32 Å². The fourth-order valence-electron chi connectivity index (χ4n) is 2.63. The van der Waals surface area contributed by atoms with Crippen molar-refractivity contribution in [3.05, 3.63) is 58.9 Å². The van der Waals surface area contributed by atoms with E-state index in [9.17, 15) is 4.79 Å². The number of nitrogens with zero attached hydrogens (tertiary/aromatic N) is 1. The molecule has 110 valence electrons. The number of aromatic nitrogens is 1. The molecule has 1 amide bonds. The van der Waals surface area contributed by atoms with Crippen molar-refractivity contribution >= 4 is 11.6 Å². The molecule has 2 rings (SSSR count). The molecule has 0 aliphatic heterocycles. The van der Waals surface area contributed by atoms with Gasteiger partial charge >= 0.3 is 0 Å². The van der Waals surface area contributed by atoms with Gasteiger partial charge in [0.15, 0.2) is 0 Å². The Bertz CT molecular complexity index is 612. The first-order chi connectivity index (χ1) is 9.97. The summed E-state index contributed by atoms with van der Waals surface area (Å²) in [5.41, 5.74) is 5.45. The molecule has 1 aromatic carbocycles. The van der Waals surface area contributed by atoms with Gasteiger partial charge in [-0.3, -0.25) is 9.78 Å². The third kappa shape index (κ3) is 3.91. The summed E-state index contributed by atoms with van der Waals surface area (Å²) in [7, 11) is 0. The first kappa shape index (κ1) is 15.2. The SMILES string of the molecule is Cc1cc(C)c(NC(=O)CC(C)c2cccnc2)c(C)c1. The van der Waals surface area contributed by atoms with E-state index in [-0.39, 0.29) is 11.8 Å². The Morgan fingerprint density at radius 3 is 2.48 bits per heavy atom. The lowest BCUT2D eigenvalue weighted by Crippen LogP contribution is -2.16. The summed E-state index contributed by atoms with van der Waals surface area (Å²) in [6.45, 7) is 8.17. The van der Waals surface area contributed by atoms with Crippen LogP contribution in [-0.4, -0.2) is 10.9 Å². The molecule has 1 atom stereocenters. The Hall–Kier alpha value is -2.16. The smallest absolute Gasteiger partial charge is 0.224 e. The summed E-state index contributed by atoms with van der Waals surface area (Å²) >= 11 is 0. The van der Waals surface area contributed by atoms with E-state index in [1.54, 1.807) is 6.20 Å². The van der Waals surface area contributed by atoms with Crippen LogP contribution in [0.4, 0.5) is 5.69 Å². The van der Waals surface area contributed by atoms with Gasteiger partial charge in [-0.1, -0.05) is 30.7 Å². The number of hydrogen-bond donors (Lipinski definition) is 1. The molecular formula is C18H22N2O. The second kappa shape index (κ2) is 6.53. The monoisotopic (exact) mass is 282 g/mol. The van der Waals surface area contributed by atoms with Gasteiger partial charge in [0, 0.05) is 24.5 Å². The Kier molecular flexibility index (Phi) is 4.73. The minimum absolute atomic E-state index is 0.0430. The third-order valence-electron chi connectivity index (χ3n) is 3.69. The van der Waals surface area contributed by atoms with Gasteiger partial charge < -0.3 is 5.32 Å². The maximum absolute atomic E-state index is 12.3. The number of hydrogen-bond acceptors (Lipinski definition) is 2. The molecule has 0 radical (unpaired) electrons. The van der Waals surface area contributed by atoms with Crippen molar-refractivity contribution in [1.29, 1.82) is 0 Å². The Morgan fingerprint density at radius 1 is 1.24 bits per heavy atom. The number of benzene rings is 1. The predicted molar refractivity (Wildman–Crippen MR) is 86.6 cm³/mol. The lowest BCUT2D eigenvalue weighted by atomic mass is 9.99. The summed E-state index contributed by atoms with van der Waals surface area (Å²) in [4.78, 5) is 16.4. The largest absolute Gasteiger partial charge is 0.326 e. The molecule has 1 N–H and O–H groups in total. The fourth-order valence-corrected chi connectivity index (χ4v) is 2.63. The normalized spacial score (nSPS) is 12.0. The first-order valence-corrected chi connectivity index (χ1v) is 7.25. The van der Waals surface area contributed by atoms with E-state index in [1.165, 1.54) is 5.56 Å². The fraction of sp³-hybridized carbons (Fsp3) is 0.333. The van der Waals surface area contributed by atoms with Crippen LogP contribution < -0.4 is 5.32 Å². The van der Waals surface area contributed by atoms with E-state index in [2.05, 4.69) is 29.4 Å². The number of carbonyl (C=O) groups is 1. The molecule has 0 aliphatic carbocycles. The van der Waals surface area contributed by atoms with Crippen LogP contribution in [0.25, 0.3) is 0 Å². The van der Waals surface area contributed by atoms with Crippen LogP contribution >= 0.6 is 0 Å².